The number of carbonyl (C=O) groups excluding carboxylic acids is 1. The maximum absolute atomic E-state index is 12.4. The third-order valence-corrected chi connectivity index (χ3v) is 6.62. The van der Waals surface area contributed by atoms with E-state index < -0.39 is 11.5 Å². The zero-order valence-corrected chi connectivity index (χ0v) is 19.6. The summed E-state index contributed by atoms with van der Waals surface area (Å²) in [6.07, 6.45) is 6.67. The summed E-state index contributed by atoms with van der Waals surface area (Å²) in [5.74, 6) is 0.137. The van der Waals surface area contributed by atoms with Gasteiger partial charge in [-0.05, 0) is 31.2 Å². The average molecular weight is 488 g/mol. The van der Waals surface area contributed by atoms with Gasteiger partial charge < -0.3 is 25.2 Å². The van der Waals surface area contributed by atoms with Crippen molar-refractivity contribution in [3.63, 3.8) is 0 Å². The van der Waals surface area contributed by atoms with Gasteiger partial charge in [0, 0.05) is 45.0 Å². The molecule has 2 fully saturated rings. The highest BCUT2D eigenvalue weighted by Gasteiger charge is 2.48. The Kier molecular flexibility index (Phi) is 5.46. The van der Waals surface area contributed by atoms with Gasteiger partial charge in [-0.25, -0.2) is 15.0 Å². The van der Waals surface area contributed by atoms with Gasteiger partial charge in [0.15, 0.2) is 5.76 Å². The standard InChI is InChI=1S/C24H25N9O3/c1-32-10-7-24(35,22(32)34)21-11-20(31-36-21)18-4-2-3-17(29-18)19-6-9-26-23(30-19)28-15-12-27-33(14-15)16-5-8-25-13-16/h2-4,6,9,11-12,14,16,25,35H,5,7-8,10,13H2,1H3,(H,26,28,30). The fourth-order valence-corrected chi connectivity index (χ4v) is 4.55. The SMILES string of the molecule is CN1CCC(O)(c2cc(-c3cccc(-c4ccnc(Nc5cnn(C6CCNC6)c5)n4)n3)no2)C1=O. The topological polar surface area (TPSA) is 147 Å². The molecule has 36 heavy (non-hydrogen) atoms. The number of likely N-dealkylation sites (N-methyl/N-ethyl adjacent to an activating group) is 1. The van der Waals surface area contributed by atoms with Gasteiger partial charge in [0.25, 0.3) is 5.91 Å². The number of nitrogens with one attached hydrogen (secondary N) is 2. The van der Waals surface area contributed by atoms with Crippen LogP contribution < -0.4 is 10.6 Å². The zero-order valence-electron chi connectivity index (χ0n) is 19.6. The van der Waals surface area contributed by atoms with E-state index in [4.69, 9.17) is 4.52 Å². The Morgan fingerprint density at radius 1 is 1.19 bits per heavy atom. The molecule has 0 saturated carbocycles. The number of nitrogens with zero attached hydrogens (tertiary/aromatic N) is 7. The molecule has 12 heteroatoms. The van der Waals surface area contributed by atoms with Crippen LogP contribution in [0, 0.1) is 0 Å². The third-order valence-electron chi connectivity index (χ3n) is 6.62. The number of amides is 1. The van der Waals surface area contributed by atoms with Crippen LogP contribution in [-0.4, -0.2) is 72.5 Å². The van der Waals surface area contributed by atoms with Crippen LogP contribution in [0.1, 0.15) is 24.6 Å². The van der Waals surface area contributed by atoms with Crippen molar-refractivity contribution in [3.05, 3.63) is 54.7 Å². The summed E-state index contributed by atoms with van der Waals surface area (Å²) in [5.41, 5.74) is 1.30. The maximum Gasteiger partial charge on any atom is 0.262 e. The van der Waals surface area contributed by atoms with Crippen molar-refractivity contribution in [2.24, 2.45) is 0 Å². The van der Waals surface area contributed by atoms with Crippen LogP contribution in [0.25, 0.3) is 22.8 Å². The van der Waals surface area contributed by atoms with E-state index in [1.807, 2.05) is 23.0 Å². The molecule has 0 aliphatic carbocycles. The van der Waals surface area contributed by atoms with Crippen molar-refractivity contribution >= 4 is 17.5 Å². The largest absolute Gasteiger partial charge is 0.373 e. The number of aliphatic hydroxyl groups is 1. The number of hydrogen-bond donors (Lipinski definition) is 3. The van der Waals surface area contributed by atoms with Crippen LogP contribution in [-0.2, 0) is 10.4 Å². The van der Waals surface area contributed by atoms with Crippen molar-refractivity contribution in [2.75, 3.05) is 32.0 Å². The molecule has 184 valence electrons. The van der Waals surface area contributed by atoms with Crippen LogP contribution in [0.2, 0.25) is 0 Å². The van der Waals surface area contributed by atoms with Gasteiger partial charge in [-0.1, -0.05) is 11.2 Å². The molecule has 0 aromatic carbocycles. The predicted octanol–water partition coefficient (Wildman–Crippen LogP) is 1.72. The molecule has 2 aliphatic rings. The first-order valence-electron chi connectivity index (χ1n) is 11.8. The smallest absolute Gasteiger partial charge is 0.262 e. The van der Waals surface area contributed by atoms with Crippen LogP contribution in [0.3, 0.4) is 0 Å². The van der Waals surface area contributed by atoms with Crippen molar-refractivity contribution in [1.29, 1.82) is 0 Å². The van der Waals surface area contributed by atoms with E-state index in [0.717, 1.165) is 25.2 Å². The minimum atomic E-state index is -1.70. The summed E-state index contributed by atoms with van der Waals surface area (Å²) in [6.45, 7) is 2.35. The normalized spacial score (nSPS) is 21.9. The minimum absolute atomic E-state index is 0.113. The highest BCUT2D eigenvalue weighted by Crippen LogP contribution is 2.34. The molecule has 12 nitrogen and oxygen atoms in total. The Hall–Kier alpha value is -4.16. The summed E-state index contributed by atoms with van der Waals surface area (Å²) in [5, 5.41) is 25.9. The second kappa shape index (κ2) is 8.81. The molecule has 6 heterocycles. The molecule has 0 bridgehead atoms. The van der Waals surface area contributed by atoms with Crippen molar-refractivity contribution in [3.8, 4) is 22.8 Å². The molecule has 1 amide bonds. The second-order valence-corrected chi connectivity index (χ2v) is 9.07. The lowest BCUT2D eigenvalue weighted by Crippen LogP contribution is -2.35. The van der Waals surface area contributed by atoms with Crippen molar-refractivity contribution in [2.45, 2.75) is 24.5 Å². The molecule has 0 spiro atoms. The Morgan fingerprint density at radius 3 is 2.81 bits per heavy atom. The van der Waals surface area contributed by atoms with Gasteiger partial charge >= 0.3 is 0 Å². The number of pyridine rings is 1. The van der Waals surface area contributed by atoms with E-state index in [1.54, 1.807) is 37.6 Å². The number of carbonyl (C=O) groups is 1. The fraction of sp³-hybridized carbons (Fsp3) is 0.333. The van der Waals surface area contributed by atoms with Gasteiger partial charge in [-0.15, -0.1) is 0 Å². The first kappa shape index (κ1) is 22.3. The monoisotopic (exact) mass is 487 g/mol. The summed E-state index contributed by atoms with van der Waals surface area (Å²) < 4.78 is 7.32. The molecule has 4 aromatic heterocycles. The lowest BCUT2D eigenvalue weighted by molar-refractivity contribution is -0.144. The van der Waals surface area contributed by atoms with Crippen molar-refractivity contribution < 1.29 is 14.4 Å². The number of hydrogen-bond acceptors (Lipinski definition) is 10. The molecule has 2 saturated heterocycles. The summed E-state index contributed by atoms with van der Waals surface area (Å²) in [7, 11) is 1.65. The van der Waals surface area contributed by atoms with E-state index in [-0.39, 0.29) is 12.2 Å². The molecule has 2 aliphatic heterocycles. The quantitative estimate of drug-likeness (QED) is 0.367. The molecule has 0 radical (unpaired) electrons. The number of aromatic nitrogens is 6. The molecular weight excluding hydrogens is 462 g/mol. The summed E-state index contributed by atoms with van der Waals surface area (Å²) in [4.78, 5) is 27.5. The molecular formula is C24H25N9O3. The van der Waals surface area contributed by atoms with E-state index >= 15 is 0 Å². The van der Waals surface area contributed by atoms with Crippen LogP contribution >= 0.6 is 0 Å². The van der Waals surface area contributed by atoms with Crippen LogP contribution in [0.4, 0.5) is 11.6 Å². The summed E-state index contributed by atoms with van der Waals surface area (Å²) >= 11 is 0. The number of rotatable bonds is 6. The van der Waals surface area contributed by atoms with Gasteiger partial charge in [0.2, 0.25) is 11.5 Å². The van der Waals surface area contributed by atoms with E-state index in [1.165, 1.54) is 4.90 Å². The minimum Gasteiger partial charge on any atom is -0.373 e. The van der Waals surface area contributed by atoms with Gasteiger partial charge in [0.05, 0.1) is 35.0 Å². The zero-order chi connectivity index (χ0) is 24.7. The molecule has 2 unspecified atom stereocenters. The van der Waals surface area contributed by atoms with Gasteiger partial charge in [0.1, 0.15) is 5.69 Å². The maximum atomic E-state index is 12.4. The lowest BCUT2D eigenvalue weighted by Gasteiger charge is -2.16. The number of anilines is 2. The molecule has 2 atom stereocenters. The van der Waals surface area contributed by atoms with Crippen LogP contribution in [0.15, 0.2) is 53.4 Å². The molecule has 6 rings (SSSR count). The Bertz CT molecular complexity index is 1410. The first-order chi connectivity index (χ1) is 17.5. The highest BCUT2D eigenvalue weighted by atomic mass is 16.5. The lowest BCUT2D eigenvalue weighted by atomic mass is 9.98. The second-order valence-electron chi connectivity index (χ2n) is 9.07. The molecule has 4 aromatic rings. The Balaban J connectivity index is 1.22. The van der Waals surface area contributed by atoms with E-state index in [0.29, 0.717) is 41.3 Å². The van der Waals surface area contributed by atoms with Crippen LogP contribution in [0.5, 0.6) is 0 Å². The highest BCUT2D eigenvalue weighted by molar-refractivity contribution is 5.87. The predicted molar refractivity (Wildman–Crippen MR) is 129 cm³/mol. The van der Waals surface area contributed by atoms with Crippen molar-refractivity contribution in [1.82, 2.24) is 40.1 Å². The number of likely N-dealkylation sites (tertiary alicyclic amines) is 1. The third kappa shape index (κ3) is 3.99. The van der Waals surface area contributed by atoms with E-state index in [9.17, 15) is 9.90 Å². The van der Waals surface area contributed by atoms with Gasteiger partial charge in [-0.3, -0.25) is 9.48 Å². The molecule has 3 N–H and O–H groups in total. The Morgan fingerprint density at radius 2 is 2.03 bits per heavy atom. The Labute approximate surface area is 206 Å². The summed E-state index contributed by atoms with van der Waals surface area (Å²) in [6, 6.07) is 9.15. The first-order valence-corrected chi connectivity index (χ1v) is 11.8. The average Bonchev–Trinajstić information content (AvgIpc) is 3.71. The van der Waals surface area contributed by atoms with Gasteiger partial charge in [-0.2, -0.15) is 5.10 Å². The fourth-order valence-electron chi connectivity index (χ4n) is 4.55. The van der Waals surface area contributed by atoms with E-state index in [2.05, 4.69) is 35.8 Å².